The summed E-state index contributed by atoms with van der Waals surface area (Å²) in [5.74, 6) is 1.71. The minimum absolute atomic E-state index is 0.689. The first-order valence-corrected chi connectivity index (χ1v) is 6.77. The third-order valence-electron chi connectivity index (χ3n) is 3.88. The van der Waals surface area contributed by atoms with Gasteiger partial charge < -0.3 is 14.5 Å². The number of ether oxygens (including phenoxy) is 2. The van der Waals surface area contributed by atoms with E-state index in [-0.39, 0.29) is 0 Å². The molecule has 0 radical (unpaired) electrons. The first kappa shape index (κ1) is 11.4. The number of methoxy groups -OCH3 is 1. The molecule has 3 nitrogen and oxygen atoms in total. The van der Waals surface area contributed by atoms with Gasteiger partial charge >= 0.3 is 0 Å². The monoisotopic (exact) mass is 265 g/mol. The zero-order valence-electron chi connectivity index (χ0n) is 11.3. The van der Waals surface area contributed by atoms with Crippen molar-refractivity contribution in [2.75, 3.05) is 13.7 Å². The fourth-order valence-corrected chi connectivity index (χ4v) is 2.91. The van der Waals surface area contributed by atoms with Crippen LogP contribution in [0.15, 0.2) is 42.5 Å². The number of aromatic amines is 1. The second kappa shape index (κ2) is 4.30. The smallest absolute Gasteiger partial charge is 0.132 e. The zero-order valence-corrected chi connectivity index (χ0v) is 11.3. The number of hydrogen-bond donors (Lipinski definition) is 1. The summed E-state index contributed by atoms with van der Waals surface area (Å²) in [6.07, 6.45) is 0.913. The van der Waals surface area contributed by atoms with Crippen LogP contribution in [0.5, 0.6) is 11.5 Å². The van der Waals surface area contributed by atoms with Gasteiger partial charge in [-0.1, -0.05) is 18.2 Å². The summed E-state index contributed by atoms with van der Waals surface area (Å²) in [5.41, 5.74) is 4.79. The van der Waals surface area contributed by atoms with Crippen molar-refractivity contribution in [2.24, 2.45) is 0 Å². The standard InChI is InChI=1S/C17H15NO2/c1-19-11-6-7-14-16(10-11)20-9-8-13-12-4-2-3-5-15(12)18-17(13)14/h2-7,10,18H,8-9H2,1H3. The molecule has 0 fully saturated rings. The van der Waals surface area contributed by atoms with Crippen molar-refractivity contribution in [3.63, 3.8) is 0 Å². The molecule has 0 amide bonds. The second-order valence-electron chi connectivity index (χ2n) is 4.98. The van der Waals surface area contributed by atoms with Crippen molar-refractivity contribution < 1.29 is 9.47 Å². The van der Waals surface area contributed by atoms with Gasteiger partial charge in [0, 0.05) is 29.0 Å². The van der Waals surface area contributed by atoms with Gasteiger partial charge in [0.25, 0.3) is 0 Å². The van der Waals surface area contributed by atoms with Gasteiger partial charge in [-0.3, -0.25) is 0 Å². The lowest BCUT2D eigenvalue weighted by Crippen LogP contribution is -1.98. The molecule has 0 saturated carbocycles. The summed E-state index contributed by atoms with van der Waals surface area (Å²) >= 11 is 0. The van der Waals surface area contributed by atoms with E-state index in [4.69, 9.17) is 9.47 Å². The van der Waals surface area contributed by atoms with Crippen LogP contribution in [0, 0.1) is 0 Å². The Labute approximate surface area is 117 Å². The number of para-hydroxylation sites is 1. The first-order chi connectivity index (χ1) is 9.86. The van der Waals surface area contributed by atoms with Crippen LogP contribution in [0.2, 0.25) is 0 Å². The molecule has 0 spiro atoms. The van der Waals surface area contributed by atoms with Crippen LogP contribution in [-0.2, 0) is 6.42 Å². The lowest BCUT2D eigenvalue weighted by molar-refractivity contribution is 0.323. The highest BCUT2D eigenvalue weighted by Gasteiger charge is 2.20. The second-order valence-corrected chi connectivity index (χ2v) is 4.98. The fraction of sp³-hybridized carbons (Fsp3) is 0.176. The first-order valence-electron chi connectivity index (χ1n) is 6.77. The molecule has 4 rings (SSSR count). The molecule has 0 saturated heterocycles. The molecule has 3 heteroatoms. The zero-order chi connectivity index (χ0) is 13.5. The molecule has 1 aliphatic rings. The van der Waals surface area contributed by atoms with E-state index in [2.05, 4.69) is 35.3 Å². The van der Waals surface area contributed by atoms with Crippen LogP contribution in [-0.4, -0.2) is 18.7 Å². The number of rotatable bonds is 1. The maximum atomic E-state index is 5.88. The van der Waals surface area contributed by atoms with Crippen LogP contribution < -0.4 is 9.47 Å². The Morgan fingerprint density at radius 3 is 2.95 bits per heavy atom. The number of nitrogens with one attached hydrogen (secondary N) is 1. The Morgan fingerprint density at radius 1 is 1.15 bits per heavy atom. The molecular weight excluding hydrogens is 250 g/mol. The third kappa shape index (κ3) is 1.59. The average molecular weight is 265 g/mol. The lowest BCUT2D eigenvalue weighted by atomic mass is 10.0. The Morgan fingerprint density at radius 2 is 2.05 bits per heavy atom. The van der Waals surface area contributed by atoms with Gasteiger partial charge in [0.1, 0.15) is 11.5 Å². The van der Waals surface area contributed by atoms with Crippen molar-refractivity contribution in [3.05, 3.63) is 48.0 Å². The van der Waals surface area contributed by atoms with E-state index in [1.54, 1.807) is 7.11 Å². The normalized spacial score (nSPS) is 13.2. The van der Waals surface area contributed by atoms with Gasteiger partial charge in [-0.25, -0.2) is 0 Å². The minimum atomic E-state index is 0.689. The van der Waals surface area contributed by atoms with E-state index >= 15 is 0 Å². The maximum Gasteiger partial charge on any atom is 0.132 e. The molecule has 3 aromatic rings. The Balaban J connectivity index is 2.00. The van der Waals surface area contributed by atoms with Crippen molar-refractivity contribution in [1.29, 1.82) is 0 Å². The van der Waals surface area contributed by atoms with E-state index in [0.29, 0.717) is 6.61 Å². The molecule has 20 heavy (non-hydrogen) atoms. The van der Waals surface area contributed by atoms with Gasteiger partial charge in [0.2, 0.25) is 0 Å². The Kier molecular flexibility index (Phi) is 2.46. The van der Waals surface area contributed by atoms with Gasteiger partial charge in [-0.05, 0) is 23.8 Å². The molecule has 0 unspecified atom stereocenters. The summed E-state index contributed by atoms with van der Waals surface area (Å²) in [4.78, 5) is 3.53. The quantitative estimate of drug-likeness (QED) is 0.726. The predicted molar refractivity (Wildman–Crippen MR) is 79.5 cm³/mol. The molecule has 1 aliphatic heterocycles. The number of fused-ring (bicyclic) bond motifs is 5. The molecule has 100 valence electrons. The topological polar surface area (TPSA) is 34.2 Å². The molecule has 1 N–H and O–H groups in total. The van der Waals surface area contributed by atoms with Gasteiger partial charge in [0.05, 0.1) is 19.4 Å². The SMILES string of the molecule is COc1ccc2c(c1)OCCc1c-2[nH]c2ccccc12. The largest absolute Gasteiger partial charge is 0.497 e. The molecule has 0 aliphatic carbocycles. The summed E-state index contributed by atoms with van der Waals surface area (Å²) < 4.78 is 11.2. The number of H-pyrrole nitrogens is 1. The van der Waals surface area contributed by atoms with Crippen molar-refractivity contribution in [3.8, 4) is 22.8 Å². The van der Waals surface area contributed by atoms with Crippen molar-refractivity contribution in [1.82, 2.24) is 4.98 Å². The van der Waals surface area contributed by atoms with Crippen molar-refractivity contribution >= 4 is 10.9 Å². The highest BCUT2D eigenvalue weighted by Crippen LogP contribution is 2.39. The lowest BCUT2D eigenvalue weighted by Gasteiger charge is -2.09. The number of benzene rings is 2. The predicted octanol–water partition coefficient (Wildman–Crippen LogP) is 3.78. The van der Waals surface area contributed by atoms with E-state index < -0.39 is 0 Å². The molecule has 0 atom stereocenters. The Bertz CT molecular complexity index is 789. The summed E-state index contributed by atoms with van der Waals surface area (Å²) in [6.45, 7) is 0.689. The van der Waals surface area contributed by atoms with Crippen LogP contribution in [0.1, 0.15) is 5.56 Å². The molecule has 2 heterocycles. The van der Waals surface area contributed by atoms with Crippen LogP contribution in [0.25, 0.3) is 22.2 Å². The Hall–Kier alpha value is -2.42. The van der Waals surface area contributed by atoms with E-state index in [0.717, 1.165) is 23.5 Å². The van der Waals surface area contributed by atoms with Crippen molar-refractivity contribution in [2.45, 2.75) is 6.42 Å². The number of hydrogen-bond acceptors (Lipinski definition) is 2. The summed E-state index contributed by atoms with van der Waals surface area (Å²) in [5, 5.41) is 1.29. The summed E-state index contributed by atoms with van der Waals surface area (Å²) in [7, 11) is 1.67. The van der Waals surface area contributed by atoms with Crippen LogP contribution in [0.4, 0.5) is 0 Å². The van der Waals surface area contributed by atoms with Crippen LogP contribution in [0.3, 0.4) is 0 Å². The van der Waals surface area contributed by atoms with E-state index in [1.807, 2.05) is 12.1 Å². The fourth-order valence-electron chi connectivity index (χ4n) is 2.91. The molecule has 0 bridgehead atoms. The average Bonchev–Trinajstić information content (AvgIpc) is 2.76. The van der Waals surface area contributed by atoms with Gasteiger partial charge in [-0.15, -0.1) is 0 Å². The maximum absolute atomic E-state index is 5.88. The van der Waals surface area contributed by atoms with E-state index in [9.17, 15) is 0 Å². The minimum Gasteiger partial charge on any atom is -0.497 e. The summed E-state index contributed by atoms with van der Waals surface area (Å²) in [6, 6.07) is 14.4. The number of aromatic nitrogens is 1. The third-order valence-corrected chi connectivity index (χ3v) is 3.88. The highest BCUT2D eigenvalue weighted by atomic mass is 16.5. The molecular formula is C17H15NO2. The van der Waals surface area contributed by atoms with Crippen LogP contribution >= 0.6 is 0 Å². The molecule has 1 aromatic heterocycles. The van der Waals surface area contributed by atoms with Gasteiger partial charge in [0.15, 0.2) is 0 Å². The van der Waals surface area contributed by atoms with Gasteiger partial charge in [-0.2, -0.15) is 0 Å². The highest BCUT2D eigenvalue weighted by molar-refractivity contribution is 5.92. The molecule has 2 aromatic carbocycles. The van der Waals surface area contributed by atoms with E-state index in [1.165, 1.54) is 22.2 Å².